The molecule has 0 spiro atoms. The minimum atomic E-state index is -3.77. The van der Waals surface area contributed by atoms with Crippen molar-refractivity contribution in [3.05, 3.63) is 29.8 Å². The van der Waals surface area contributed by atoms with E-state index in [9.17, 15) is 13.2 Å². The molecule has 27 heavy (non-hydrogen) atoms. The van der Waals surface area contributed by atoms with Gasteiger partial charge in [0.1, 0.15) is 6.04 Å². The second-order valence-corrected chi connectivity index (χ2v) is 10.5. The molecule has 0 radical (unpaired) electrons. The Morgan fingerprint density at radius 3 is 2.41 bits per heavy atom. The van der Waals surface area contributed by atoms with Gasteiger partial charge in [-0.05, 0) is 43.2 Å². The molecule has 7 heteroatoms. The molecule has 0 saturated carbocycles. The summed E-state index contributed by atoms with van der Waals surface area (Å²) in [6.45, 7) is 11.1. The van der Waals surface area contributed by atoms with Gasteiger partial charge in [0.05, 0.1) is 4.90 Å². The minimum Gasteiger partial charge on any atom is -0.341 e. The van der Waals surface area contributed by atoms with Crippen LogP contribution in [0.2, 0.25) is 0 Å². The van der Waals surface area contributed by atoms with Crippen LogP contribution in [0.4, 0.5) is 0 Å². The number of piperidine rings is 1. The molecule has 2 atom stereocenters. The first-order valence-electron chi connectivity index (χ1n) is 9.56. The Morgan fingerprint density at radius 2 is 1.89 bits per heavy atom. The highest BCUT2D eigenvalue weighted by molar-refractivity contribution is 7.89. The van der Waals surface area contributed by atoms with Gasteiger partial charge in [0.15, 0.2) is 0 Å². The van der Waals surface area contributed by atoms with E-state index in [2.05, 4.69) is 4.72 Å². The van der Waals surface area contributed by atoms with E-state index < -0.39 is 16.1 Å². The molecule has 1 amide bonds. The zero-order valence-electron chi connectivity index (χ0n) is 17.0. The van der Waals surface area contributed by atoms with E-state index in [0.29, 0.717) is 19.5 Å². The molecule has 2 rings (SSSR count). The Kier molecular flexibility index (Phi) is 6.71. The van der Waals surface area contributed by atoms with Gasteiger partial charge in [-0.15, -0.1) is 0 Å². The van der Waals surface area contributed by atoms with Crippen LogP contribution in [0.5, 0.6) is 0 Å². The molecule has 6 nitrogen and oxygen atoms in total. The molecule has 0 aromatic heterocycles. The van der Waals surface area contributed by atoms with E-state index in [1.165, 1.54) is 0 Å². The van der Waals surface area contributed by atoms with Crippen LogP contribution in [0.1, 0.15) is 46.1 Å². The van der Waals surface area contributed by atoms with Crippen molar-refractivity contribution in [2.24, 2.45) is 17.1 Å². The van der Waals surface area contributed by atoms with Crippen molar-refractivity contribution in [3.8, 4) is 0 Å². The number of rotatable bonds is 6. The van der Waals surface area contributed by atoms with Crippen LogP contribution in [0.25, 0.3) is 0 Å². The maximum atomic E-state index is 13.1. The number of aryl methyl sites for hydroxylation is 1. The molecule has 1 aromatic carbocycles. The fourth-order valence-electron chi connectivity index (χ4n) is 3.43. The molecule has 0 bridgehead atoms. The zero-order valence-corrected chi connectivity index (χ0v) is 17.8. The van der Waals surface area contributed by atoms with Crippen molar-refractivity contribution < 1.29 is 13.2 Å². The second kappa shape index (κ2) is 8.29. The van der Waals surface area contributed by atoms with E-state index in [0.717, 1.165) is 12.0 Å². The lowest BCUT2D eigenvalue weighted by atomic mass is 9.79. The molecule has 2 unspecified atom stereocenters. The molecule has 1 heterocycles. The van der Waals surface area contributed by atoms with Crippen molar-refractivity contribution in [2.45, 2.75) is 64.4 Å². The fraction of sp³-hybridized carbons (Fsp3) is 0.650. The molecular formula is C20H33N3O3S. The molecular weight excluding hydrogens is 362 g/mol. The maximum Gasteiger partial charge on any atom is 0.241 e. The Bertz CT molecular complexity index is 757. The topological polar surface area (TPSA) is 92.5 Å². The minimum absolute atomic E-state index is 0.0364. The van der Waals surface area contributed by atoms with Crippen LogP contribution < -0.4 is 10.5 Å². The first kappa shape index (κ1) is 21.9. The van der Waals surface area contributed by atoms with Crippen LogP contribution >= 0.6 is 0 Å². The normalized spacial score (nSPS) is 21.3. The second-order valence-electron chi connectivity index (χ2n) is 8.76. The molecule has 1 aliphatic heterocycles. The Labute approximate surface area is 163 Å². The van der Waals surface area contributed by atoms with Gasteiger partial charge in [-0.2, -0.15) is 4.72 Å². The van der Waals surface area contributed by atoms with E-state index in [4.69, 9.17) is 5.73 Å². The van der Waals surface area contributed by atoms with Gasteiger partial charge in [0.2, 0.25) is 15.9 Å². The summed E-state index contributed by atoms with van der Waals surface area (Å²) in [6, 6.07) is 5.90. The fourth-order valence-corrected chi connectivity index (χ4v) is 4.63. The first-order chi connectivity index (χ1) is 12.4. The van der Waals surface area contributed by atoms with Crippen LogP contribution in [0.15, 0.2) is 29.2 Å². The highest BCUT2D eigenvalue weighted by atomic mass is 32.2. The lowest BCUT2D eigenvalue weighted by Gasteiger charge is -2.43. The summed E-state index contributed by atoms with van der Waals surface area (Å²) in [7, 11) is -3.77. The summed E-state index contributed by atoms with van der Waals surface area (Å²) in [4.78, 5) is 15.1. The van der Waals surface area contributed by atoms with Crippen LogP contribution in [-0.4, -0.2) is 44.4 Å². The summed E-state index contributed by atoms with van der Waals surface area (Å²) in [5.74, 6) is 0.0130. The number of carbonyl (C=O) groups is 1. The number of amides is 1. The van der Waals surface area contributed by atoms with E-state index in [1.54, 1.807) is 29.2 Å². The number of hydrogen-bond acceptors (Lipinski definition) is 4. The SMILES string of the molecule is Cc1ccc(S(=O)(=O)NC(CC(C)C)C(=O)N2CCC(N)C(C)(C)C2)cc1. The Morgan fingerprint density at radius 1 is 1.30 bits per heavy atom. The van der Waals surface area contributed by atoms with Crippen molar-refractivity contribution in [2.75, 3.05) is 13.1 Å². The summed E-state index contributed by atoms with van der Waals surface area (Å²) >= 11 is 0. The zero-order chi connectivity index (χ0) is 20.4. The van der Waals surface area contributed by atoms with Crippen molar-refractivity contribution in [1.29, 1.82) is 0 Å². The van der Waals surface area contributed by atoms with Crippen LogP contribution in [0.3, 0.4) is 0 Å². The van der Waals surface area contributed by atoms with Crippen molar-refractivity contribution in [1.82, 2.24) is 9.62 Å². The van der Waals surface area contributed by atoms with Gasteiger partial charge in [-0.1, -0.05) is 45.4 Å². The Balaban J connectivity index is 2.22. The third-order valence-electron chi connectivity index (χ3n) is 5.26. The summed E-state index contributed by atoms with van der Waals surface area (Å²) in [5, 5.41) is 0. The third-order valence-corrected chi connectivity index (χ3v) is 6.75. The molecule has 1 aliphatic rings. The number of hydrogen-bond donors (Lipinski definition) is 2. The van der Waals surface area contributed by atoms with Gasteiger partial charge in [-0.3, -0.25) is 4.79 Å². The largest absolute Gasteiger partial charge is 0.341 e. The van der Waals surface area contributed by atoms with E-state index in [1.807, 2.05) is 34.6 Å². The van der Waals surface area contributed by atoms with Gasteiger partial charge >= 0.3 is 0 Å². The molecule has 1 aromatic rings. The Hall–Kier alpha value is -1.44. The summed E-state index contributed by atoms with van der Waals surface area (Å²) in [6.07, 6.45) is 1.17. The van der Waals surface area contributed by atoms with Crippen molar-refractivity contribution in [3.63, 3.8) is 0 Å². The lowest BCUT2D eigenvalue weighted by Crippen LogP contribution is -2.58. The first-order valence-corrected chi connectivity index (χ1v) is 11.0. The van der Waals surface area contributed by atoms with Gasteiger partial charge in [-0.25, -0.2) is 8.42 Å². The molecule has 3 N–H and O–H groups in total. The van der Waals surface area contributed by atoms with Crippen LogP contribution in [0, 0.1) is 18.3 Å². The summed E-state index contributed by atoms with van der Waals surface area (Å²) < 4.78 is 28.2. The lowest BCUT2D eigenvalue weighted by molar-refractivity contribution is -0.136. The van der Waals surface area contributed by atoms with E-state index >= 15 is 0 Å². The van der Waals surface area contributed by atoms with Crippen molar-refractivity contribution >= 4 is 15.9 Å². The number of benzene rings is 1. The number of nitrogens with zero attached hydrogens (tertiary/aromatic N) is 1. The smallest absolute Gasteiger partial charge is 0.241 e. The predicted octanol–water partition coefficient (Wildman–Crippen LogP) is 2.27. The monoisotopic (exact) mass is 395 g/mol. The van der Waals surface area contributed by atoms with Gasteiger partial charge in [0, 0.05) is 19.1 Å². The highest BCUT2D eigenvalue weighted by Crippen LogP contribution is 2.28. The number of likely N-dealkylation sites (tertiary alicyclic amines) is 1. The van der Waals surface area contributed by atoms with E-state index in [-0.39, 0.29) is 28.2 Å². The molecule has 1 saturated heterocycles. The maximum absolute atomic E-state index is 13.1. The highest BCUT2D eigenvalue weighted by Gasteiger charge is 2.38. The predicted molar refractivity (Wildman–Crippen MR) is 108 cm³/mol. The number of sulfonamides is 1. The number of nitrogens with two attached hydrogens (primary N) is 1. The summed E-state index contributed by atoms with van der Waals surface area (Å²) in [5.41, 5.74) is 6.97. The third kappa shape index (κ3) is 5.53. The molecule has 1 fully saturated rings. The molecule has 0 aliphatic carbocycles. The number of carbonyl (C=O) groups excluding carboxylic acids is 1. The average molecular weight is 396 g/mol. The van der Waals surface area contributed by atoms with Gasteiger partial charge in [0.25, 0.3) is 0 Å². The van der Waals surface area contributed by atoms with Crippen LogP contribution in [-0.2, 0) is 14.8 Å². The quantitative estimate of drug-likeness (QED) is 0.773. The molecule has 152 valence electrons. The van der Waals surface area contributed by atoms with Gasteiger partial charge < -0.3 is 10.6 Å². The standard InChI is InChI=1S/C20H33N3O3S/c1-14(2)12-17(19(24)23-11-10-18(21)20(4,5)13-23)22-27(25,26)16-8-6-15(3)7-9-16/h6-9,14,17-18,22H,10-13,21H2,1-5H3. The average Bonchev–Trinajstić information content (AvgIpc) is 2.55. The number of nitrogens with one attached hydrogen (secondary N) is 1.